The summed E-state index contributed by atoms with van der Waals surface area (Å²) in [6, 6.07) is 12.1. The lowest BCUT2D eigenvalue weighted by molar-refractivity contribution is -0.115. The van der Waals surface area contributed by atoms with Gasteiger partial charge in [-0.15, -0.1) is 0 Å². The second-order valence-electron chi connectivity index (χ2n) is 7.15. The average Bonchev–Trinajstić information content (AvgIpc) is 3.31. The highest BCUT2D eigenvalue weighted by Crippen LogP contribution is 2.28. The Morgan fingerprint density at radius 2 is 1.97 bits per heavy atom. The van der Waals surface area contributed by atoms with E-state index in [4.69, 9.17) is 9.47 Å². The van der Waals surface area contributed by atoms with Crippen molar-refractivity contribution in [3.63, 3.8) is 0 Å². The zero-order chi connectivity index (χ0) is 20.4. The van der Waals surface area contributed by atoms with Gasteiger partial charge in [0.05, 0.1) is 37.3 Å². The Morgan fingerprint density at radius 1 is 1.17 bits per heavy atom. The molecule has 2 aromatic rings. The minimum absolute atomic E-state index is 0.0998. The Balaban J connectivity index is 1.46. The molecule has 7 heteroatoms. The third-order valence-electron chi connectivity index (χ3n) is 5.21. The maximum absolute atomic E-state index is 12.7. The first kappa shape index (κ1) is 19.1. The van der Waals surface area contributed by atoms with Gasteiger partial charge >= 0.3 is 0 Å². The van der Waals surface area contributed by atoms with Crippen LogP contribution in [-0.2, 0) is 16.0 Å². The van der Waals surface area contributed by atoms with Gasteiger partial charge in [-0.3, -0.25) is 19.3 Å². The quantitative estimate of drug-likeness (QED) is 0.762. The summed E-state index contributed by atoms with van der Waals surface area (Å²) in [4.78, 5) is 39.0. The van der Waals surface area contributed by atoms with Crippen molar-refractivity contribution in [2.24, 2.45) is 0 Å². The maximum atomic E-state index is 12.7. The van der Waals surface area contributed by atoms with Crippen LogP contribution in [0.4, 0.5) is 5.69 Å². The van der Waals surface area contributed by atoms with Crippen LogP contribution < -0.4 is 10.1 Å². The molecule has 0 aromatic heterocycles. The van der Waals surface area contributed by atoms with Crippen LogP contribution in [0.5, 0.6) is 5.75 Å². The molecule has 1 N–H and O–H groups in total. The van der Waals surface area contributed by atoms with Gasteiger partial charge in [-0.05, 0) is 37.1 Å². The van der Waals surface area contributed by atoms with Crippen LogP contribution >= 0.6 is 0 Å². The Bertz CT molecular complexity index is 965. The van der Waals surface area contributed by atoms with Crippen LogP contribution in [-0.4, -0.2) is 49.0 Å². The summed E-state index contributed by atoms with van der Waals surface area (Å²) in [5.41, 5.74) is 1.91. The van der Waals surface area contributed by atoms with E-state index in [2.05, 4.69) is 5.32 Å². The molecule has 2 aliphatic rings. The van der Waals surface area contributed by atoms with Gasteiger partial charge in [0.1, 0.15) is 5.75 Å². The average molecular weight is 394 g/mol. The smallest absolute Gasteiger partial charge is 0.261 e. The van der Waals surface area contributed by atoms with Crippen LogP contribution in [0.2, 0.25) is 0 Å². The van der Waals surface area contributed by atoms with Crippen LogP contribution in [0.3, 0.4) is 0 Å². The summed E-state index contributed by atoms with van der Waals surface area (Å²) in [5, 5.41) is 2.79. The van der Waals surface area contributed by atoms with Crippen molar-refractivity contribution in [1.29, 1.82) is 0 Å². The fraction of sp³-hybridized carbons (Fsp3) is 0.318. The summed E-state index contributed by atoms with van der Waals surface area (Å²) in [6.07, 6.45) is 1.82. The van der Waals surface area contributed by atoms with Gasteiger partial charge in [-0.25, -0.2) is 0 Å². The number of carbonyl (C=O) groups is 3. The van der Waals surface area contributed by atoms with Crippen molar-refractivity contribution >= 4 is 23.4 Å². The number of fused-ring (bicyclic) bond motifs is 1. The van der Waals surface area contributed by atoms with Gasteiger partial charge in [0, 0.05) is 17.9 Å². The van der Waals surface area contributed by atoms with E-state index in [1.54, 1.807) is 31.4 Å². The molecule has 0 saturated carbocycles. The zero-order valence-corrected chi connectivity index (χ0v) is 16.1. The fourth-order valence-electron chi connectivity index (χ4n) is 3.75. The molecular formula is C22H22N2O5. The summed E-state index contributed by atoms with van der Waals surface area (Å²) < 4.78 is 10.8. The molecule has 29 heavy (non-hydrogen) atoms. The molecule has 3 amide bonds. The molecular weight excluding hydrogens is 372 g/mol. The maximum Gasteiger partial charge on any atom is 0.261 e. The highest BCUT2D eigenvalue weighted by Gasteiger charge is 2.37. The zero-order valence-electron chi connectivity index (χ0n) is 16.1. The predicted molar refractivity (Wildman–Crippen MR) is 106 cm³/mol. The minimum atomic E-state index is -0.346. The lowest BCUT2D eigenvalue weighted by Gasteiger charge is -2.17. The lowest BCUT2D eigenvalue weighted by atomic mass is 10.1. The fourth-order valence-corrected chi connectivity index (χ4v) is 3.75. The van der Waals surface area contributed by atoms with Gasteiger partial charge in [0.25, 0.3) is 11.8 Å². The van der Waals surface area contributed by atoms with Crippen molar-refractivity contribution in [3.8, 4) is 5.75 Å². The predicted octanol–water partition coefficient (Wildman–Crippen LogP) is 2.65. The number of anilines is 1. The SMILES string of the molecule is COc1ccccc1CC(=O)Nc1ccc2c(c1)C(=O)N(CC1CCCO1)C2=O. The van der Waals surface area contributed by atoms with Crippen molar-refractivity contribution in [2.45, 2.75) is 25.4 Å². The van der Waals surface area contributed by atoms with Crippen molar-refractivity contribution in [1.82, 2.24) is 4.90 Å². The largest absolute Gasteiger partial charge is 0.496 e. The number of imide groups is 1. The number of hydrogen-bond acceptors (Lipinski definition) is 5. The van der Waals surface area contributed by atoms with Gasteiger partial charge < -0.3 is 14.8 Å². The Kier molecular flexibility index (Phi) is 5.31. The van der Waals surface area contributed by atoms with Crippen molar-refractivity contribution in [2.75, 3.05) is 25.6 Å². The Morgan fingerprint density at radius 3 is 2.72 bits per heavy atom. The molecule has 0 radical (unpaired) electrons. The van der Waals surface area contributed by atoms with E-state index >= 15 is 0 Å². The molecule has 2 aromatic carbocycles. The number of ether oxygens (including phenoxy) is 2. The molecule has 0 bridgehead atoms. The normalized spacial score (nSPS) is 18.1. The first-order chi connectivity index (χ1) is 14.1. The Hall–Kier alpha value is -3.19. The molecule has 2 aliphatic heterocycles. The second-order valence-corrected chi connectivity index (χ2v) is 7.15. The molecule has 4 rings (SSSR count). The summed E-state index contributed by atoms with van der Waals surface area (Å²) in [5.74, 6) is -0.252. The van der Waals surface area contributed by atoms with Crippen LogP contribution in [0, 0.1) is 0 Å². The van der Waals surface area contributed by atoms with E-state index in [9.17, 15) is 14.4 Å². The molecule has 1 saturated heterocycles. The highest BCUT2D eigenvalue weighted by molar-refractivity contribution is 6.21. The molecule has 1 atom stereocenters. The van der Waals surface area contributed by atoms with E-state index in [1.165, 1.54) is 4.90 Å². The number of nitrogens with zero attached hydrogens (tertiary/aromatic N) is 1. The number of hydrogen-bond donors (Lipinski definition) is 1. The van der Waals surface area contributed by atoms with Crippen molar-refractivity contribution in [3.05, 3.63) is 59.2 Å². The first-order valence-electron chi connectivity index (χ1n) is 9.60. The second kappa shape index (κ2) is 8.05. The summed E-state index contributed by atoms with van der Waals surface area (Å²) in [7, 11) is 1.56. The molecule has 1 unspecified atom stereocenters. The van der Waals surface area contributed by atoms with Crippen molar-refractivity contribution < 1.29 is 23.9 Å². The first-order valence-corrected chi connectivity index (χ1v) is 9.60. The molecule has 1 fully saturated rings. The number of benzene rings is 2. The highest BCUT2D eigenvalue weighted by atomic mass is 16.5. The lowest BCUT2D eigenvalue weighted by Crippen LogP contribution is -2.36. The topological polar surface area (TPSA) is 84.9 Å². The summed E-state index contributed by atoms with van der Waals surface area (Å²) in [6.45, 7) is 0.929. The van der Waals surface area contributed by atoms with E-state index in [1.807, 2.05) is 18.2 Å². The third kappa shape index (κ3) is 3.86. The Labute approximate surface area is 168 Å². The minimum Gasteiger partial charge on any atom is -0.496 e. The van der Waals surface area contributed by atoms with Gasteiger partial charge in [0.15, 0.2) is 0 Å². The van der Waals surface area contributed by atoms with Gasteiger partial charge in [0.2, 0.25) is 5.91 Å². The van der Waals surface area contributed by atoms with E-state index in [-0.39, 0.29) is 36.8 Å². The number of para-hydroxylation sites is 1. The van der Waals surface area contributed by atoms with Gasteiger partial charge in [-0.1, -0.05) is 18.2 Å². The number of nitrogens with one attached hydrogen (secondary N) is 1. The number of carbonyl (C=O) groups excluding carboxylic acids is 3. The summed E-state index contributed by atoms with van der Waals surface area (Å²) >= 11 is 0. The third-order valence-corrected chi connectivity index (χ3v) is 5.21. The molecule has 2 heterocycles. The molecule has 7 nitrogen and oxygen atoms in total. The number of amides is 3. The van der Waals surface area contributed by atoms with E-state index in [0.717, 1.165) is 18.4 Å². The molecule has 0 spiro atoms. The molecule has 150 valence electrons. The van der Waals surface area contributed by atoms with E-state index < -0.39 is 0 Å². The van der Waals surface area contributed by atoms with Crippen LogP contribution in [0.15, 0.2) is 42.5 Å². The number of rotatable bonds is 6. The van der Waals surface area contributed by atoms with Crippen LogP contribution in [0.25, 0.3) is 0 Å². The monoisotopic (exact) mass is 394 g/mol. The van der Waals surface area contributed by atoms with E-state index in [0.29, 0.717) is 29.2 Å². The van der Waals surface area contributed by atoms with Gasteiger partial charge in [-0.2, -0.15) is 0 Å². The standard InChI is InChI=1S/C22H22N2O5/c1-28-19-7-3-2-5-14(19)11-20(25)23-15-8-9-17-18(12-15)22(27)24(21(17)26)13-16-6-4-10-29-16/h2-3,5,7-9,12,16H,4,6,10-11,13H2,1H3,(H,23,25). The molecule has 0 aliphatic carbocycles. The number of methoxy groups -OCH3 is 1. The van der Waals surface area contributed by atoms with Crippen LogP contribution in [0.1, 0.15) is 39.1 Å².